The van der Waals surface area contributed by atoms with Crippen LogP contribution >= 0.6 is 0 Å². The Morgan fingerprint density at radius 2 is 2.53 bits per heavy atom. The van der Waals surface area contributed by atoms with Crippen molar-refractivity contribution in [3.63, 3.8) is 0 Å². The Kier molecular flexibility index (Phi) is 4.57. The Labute approximate surface area is 112 Å². The molecule has 1 fully saturated rings. The van der Waals surface area contributed by atoms with Crippen LogP contribution < -0.4 is 10.6 Å². The van der Waals surface area contributed by atoms with Crippen LogP contribution in [-0.4, -0.2) is 42.8 Å². The molecule has 1 aliphatic heterocycles. The maximum absolute atomic E-state index is 8.84. The largest absolute Gasteiger partial charge is 0.409 e. The Balaban J connectivity index is 2.21. The molecule has 6 nitrogen and oxygen atoms in total. The van der Waals surface area contributed by atoms with E-state index in [1.165, 1.54) is 0 Å². The lowest BCUT2D eigenvalue weighted by atomic mass is 9.98. The number of anilines is 1. The molecule has 0 amide bonds. The van der Waals surface area contributed by atoms with Gasteiger partial charge in [-0.2, -0.15) is 0 Å². The average molecular weight is 264 g/mol. The van der Waals surface area contributed by atoms with Gasteiger partial charge in [0.25, 0.3) is 0 Å². The molecule has 6 heteroatoms. The van der Waals surface area contributed by atoms with Gasteiger partial charge in [-0.1, -0.05) is 5.16 Å². The molecule has 0 saturated carbocycles. The minimum absolute atomic E-state index is 0.0944. The van der Waals surface area contributed by atoms with Gasteiger partial charge in [-0.3, -0.25) is 0 Å². The fraction of sp³-hybridized carbons (Fsp3) is 0.538. The van der Waals surface area contributed by atoms with E-state index in [1.54, 1.807) is 19.4 Å². The van der Waals surface area contributed by atoms with Gasteiger partial charge in [0.15, 0.2) is 5.84 Å². The van der Waals surface area contributed by atoms with Crippen molar-refractivity contribution in [1.82, 2.24) is 4.98 Å². The first kappa shape index (κ1) is 13.6. The van der Waals surface area contributed by atoms with E-state index < -0.39 is 0 Å². The van der Waals surface area contributed by atoms with E-state index in [2.05, 4.69) is 15.0 Å². The minimum Gasteiger partial charge on any atom is -0.409 e. The van der Waals surface area contributed by atoms with Crippen molar-refractivity contribution in [3.8, 4) is 0 Å². The number of aromatic nitrogens is 1. The van der Waals surface area contributed by atoms with Crippen molar-refractivity contribution in [2.24, 2.45) is 16.8 Å². The van der Waals surface area contributed by atoms with Crippen molar-refractivity contribution < 1.29 is 9.94 Å². The van der Waals surface area contributed by atoms with Gasteiger partial charge < -0.3 is 20.6 Å². The van der Waals surface area contributed by atoms with Gasteiger partial charge in [-0.25, -0.2) is 4.98 Å². The van der Waals surface area contributed by atoms with Crippen LogP contribution in [0.4, 0.5) is 5.82 Å². The molecule has 0 bridgehead atoms. The number of piperidine rings is 1. The highest BCUT2D eigenvalue weighted by Gasteiger charge is 2.23. The van der Waals surface area contributed by atoms with Crippen molar-refractivity contribution in [2.75, 3.05) is 31.7 Å². The minimum atomic E-state index is 0.0944. The summed E-state index contributed by atoms with van der Waals surface area (Å²) >= 11 is 0. The number of hydrogen-bond acceptors (Lipinski definition) is 5. The Morgan fingerprint density at radius 3 is 3.26 bits per heavy atom. The molecule has 1 unspecified atom stereocenters. The van der Waals surface area contributed by atoms with Crippen LogP contribution in [-0.2, 0) is 4.74 Å². The van der Waals surface area contributed by atoms with E-state index in [0.717, 1.165) is 38.4 Å². The summed E-state index contributed by atoms with van der Waals surface area (Å²) in [4.78, 5) is 6.56. The lowest BCUT2D eigenvalue weighted by Crippen LogP contribution is -2.38. The number of pyridine rings is 1. The number of nitrogens with zero attached hydrogens (tertiary/aromatic N) is 3. The molecule has 0 aromatic carbocycles. The summed E-state index contributed by atoms with van der Waals surface area (Å²) < 4.78 is 5.23. The lowest BCUT2D eigenvalue weighted by molar-refractivity contribution is 0.143. The third kappa shape index (κ3) is 3.14. The summed E-state index contributed by atoms with van der Waals surface area (Å²) in [6, 6.07) is 3.60. The first-order valence-electron chi connectivity index (χ1n) is 6.43. The number of rotatable bonds is 4. The van der Waals surface area contributed by atoms with E-state index in [-0.39, 0.29) is 5.84 Å². The monoisotopic (exact) mass is 264 g/mol. The average Bonchev–Trinajstić information content (AvgIpc) is 2.47. The maximum atomic E-state index is 8.84. The second-order valence-electron chi connectivity index (χ2n) is 4.77. The van der Waals surface area contributed by atoms with Crippen molar-refractivity contribution >= 4 is 11.7 Å². The van der Waals surface area contributed by atoms with Crippen LogP contribution in [0.2, 0.25) is 0 Å². The summed E-state index contributed by atoms with van der Waals surface area (Å²) in [6.45, 7) is 2.57. The van der Waals surface area contributed by atoms with Gasteiger partial charge in [-0.05, 0) is 30.9 Å². The Hall–Kier alpha value is -1.82. The molecular weight excluding hydrogens is 244 g/mol. The number of oxime groups is 1. The maximum Gasteiger partial charge on any atom is 0.173 e. The molecule has 0 radical (unpaired) electrons. The summed E-state index contributed by atoms with van der Waals surface area (Å²) in [5.74, 6) is 1.37. The highest BCUT2D eigenvalue weighted by Crippen LogP contribution is 2.24. The number of ether oxygens (including phenoxy) is 1. The van der Waals surface area contributed by atoms with Crippen LogP contribution in [0.5, 0.6) is 0 Å². The Bertz CT molecular complexity index is 448. The van der Waals surface area contributed by atoms with E-state index in [0.29, 0.717) is 11.5 Å². The highest BCUT2D eigenvalue weighted by atomic mass is 16.5. The molecule has 0 aliphatic carbocycles. The van der Waals surface area contributed by atoms with Crippen molar-refractivity contribution in [2.45, 2.75) is 12.8 Å². The summed E-state index contributed by atoms with van der Waals surface area (Å²) in [5.41, 5.74) is 6.37. The van der Waals surface area contributed by atoms with Gasteiger partial charge in [0.1, 0.15) is 5.82 Å². The van der Waals surface area contributed by atoms with Gasteiger partial charge in [0.2, 0.25) is 0 Å². The lowest BCUT2D eigenvalue weighted by Gasteiger charge is -2.34. The van der Waals surface area contributed by atoms with Gasteiger partial charge in [-0.15, -0.1) is 0 Å². The van der Waals surface area contributed by atoms with E-state index in [1.807, 2.05) is 6.07 Å². The molecule has 1 aliphatic rings. The van der Waals surface area contributed by atoms with Crippen LogP contribution in [0.25, 0.3) is 0 Å². The first-order valence-corrected chi connectivity index (χ1v) is 6.43. The highest BCUT2D eigenvalue weighted by molar-refractivity contribution is 6.01. The standard InChI is InChI=1S/C13H20N4O2/c1-19-9-10-4-3-7-17(8-10)13-11(12(14)16-18)5-2-6-15-13/h2,5-6,10,18H,3-4,7-9H2,1H3,(H2,14,16). The molecule has 2 rings (SSSR count). The molecule has 19 heavy (non-hydrogen) atoms. The van der Waals surface area contributed by atoms with E-state index >= 15 is 0 Å². The smallest absolute Gasteiger partial charge is 0.173 e. The Morgan fingerprint density at radius 1 is 1.68 bits per heavy atom. The van der Waals surface area contributed by atoms with Gasteiger partial charge >= 0.3 is 0 Å². The first-order chi connectivity index (χ1) is 9.26. The topological polar surface area (TPSA) is 84.0 Å². The third-order valence-electron chi connectivity index (χ3n) is 3.39. The number of amidine groups is 1. The number of methoxy groups -OCH3 is 1. The van der Waals surface area contributed by atoms with Crippen LogP contribution in [0.1, 0.15) is 18.4 Å². The third-order valence-corrected chi connectivity index (χ3v) is 3.39. The zero-order valence-corrected chi connectivity index (χ0v) is 11.1. The molecule has 1 aromatic heterocycles. The van der Waals surface area contributed by atoms with Crippen molar-refractivity contribution in [1.29, 1.82) is 0 Å². The molecule has 1 aromatic rings. The van der Waals surface area contributed by atoms with Crippen LogP contribution in [0, 0.1) is 5.92 Å². The second-order valence-corrected chi connectivity index (χ2v) is 4.77. The van der Waals surface area contributed by atoms with Gasteiger partial charge in [0, 0.05) is 26.4 Å². The number of hydrogen-bond donors (Lipinski definition) is 2. The predicted molar refractivity (Wildman–Crippen MR) is 73.6 cm³/mol. The SMILES string of the molecule is COCC1CCCN(c2ncccc2/C(N)=N/O)C1. The van der Waals surface area contributed by atoms with Crippen molar-refractivity contribution in [3.05, 3.63) is 23.9 Å². The fourth-order valence-electron chi connectivity index (χ4n) is 2.53. The summed E-state index contributed by atoms with van der Waals surface area (Å²) in [6.07, 6.45) is 3.99. The fourth-order valence-corrected chi connectivity index (χ4v) is 2.53. The predicted octanol–water partition coefficient (Wildman–Crippen LogP) is 1.04. The summed E-state index contributed by atoms with van der Waals surface area (Å²) in [7, 11) is 1.72. The summed E-state index contributed by atoms with van der Waals surface area (Å²) in [5, 5.41) is 11.9. The quantitative estimate of drug-likeness (QED) is 0.367. The van der Waals surface area contributed by atoms with Crippen LogP contribution in [0.3, 0.4) is 0 Å². The second kappa shape index (κ2) is 6.38. The molecule has 1 atom stereocenters. The molecule has 3 N–H and O–H groups in total. The molecule has 1 saturated heterocycles. The molecular formula is C13H20N4O2. The number of nitrogens with two attached hydrogens (primary N) is 1. The molecule has 2 heterocycles. The van der Waals surface area contributed by atoms with Crippen LogP contribution in [0.15, 0.2) is 23.5 Å². The molecule has 104 valence electrons. The normalized spacial score (nSPS) is 20.6. The zero-order chi connectivity index (χ0) is 13.7. The molecule has 0 spiro atoms. The van der Waals surface area contributed by atoms with E-state index in [4.69, 9.17) is 15.7 Å². The zero-order valence-electron chi connectivity index (χ0n) is 11.1. The van der Waals surface area contributed by atoms with E-state index in [9.17, 15) is 0 Å². The van der Waals surface area contributed by atoms with Gasteiger partial charge in [0.05, 0.1) is 12.2 Å².